The Labute approximate surface area is 148 Å². The lowest BCUT2D eigenvalue weighted by Crippen LogP contribution is -2.35. The molecule has 1 N–H and O–H groups in total. The summed E-state index contributed by atoms with van der Waals surface area (Å²) in [6.07, 6.45) is 1.55. The molecule has 1 aliphatic rings. The van der Waals surface area contributed by atoms with Gasteiger partial charge in [-0.15, -0.1) is 0 Å². The maximum atomic E-state index is 12.9. The van der Waals surface area contributed by atoms with Crippen LogP contribution in [0.25, 0.3) is 0 Å². The standard InChI is InChI=1S/C19H22N2O3S/c1-3-12-20-25(23,24)17-10-8-15(9-11-17)19(22)21-14(2)13-16-6-4-5-7-18(16)21/h4-11,14,20H,3,12-13H2,1-2H3. The van der Waals surface area contributed by atoms with Crippen LogP contribution in [-0.4, -0.2) is 26.9 Å². The Morgan fingerprint density at radius 1 is 1.16 bits per heavy atom. The van der Waals surface area contributed by atoms with E-state index in [1.807, 2.05) is 38.1 Å². The number of anilines is 1. The third kappa shape index (κ3) is 3.45. The van der Waals surface area contributed by atoms with Crippen molar-refractivity contribution >= 4 is 21.6 Å². The zero-order chi connectivity index (χ0) is 18.0. The number of sulfonamides is 1. The summed E-state index contributed by atoms with van der Waals surface area (Å²) in [5.74, 6) is -0.108. The Hall–Kier alpha value is -2.18. The molecule has 2 aromatic carbocycles. The van der Waals surface area contributed by atoms with Crippen LogP contribution in [0, 0.1) is 0 Å². The summed E-state index contributed by atoms with van der Waals surface area (Å²) in [5, 5.41) is 0. The molecule has 1 aliphatic heterocycles. The van der Waals surface area contributed by atoms with E-state index in [0.29, 0.717) is 12.1 Å². The fourth-order valence-electron chi connectivity index (χ4n) is 3.11. The number of hydrogen-bond donors (Lipinski definition) is 1. The van der Waals surface area contributed by atoms with E-state index in [2.05, 4.69) is 4.72 Å². The molecular weight excluding hydrogens is 336 g/mol. The van der Waals surface area contributed by atoms with Gasteiger partial charge in [-0.2, -0.15) is 0 Å². The molecule has 1 unspecified atom stereocenters. The first-order valence-electron chi connectivity index (χ1n) is 8.45. The van der Waals surface area contributed by atoms with Gasteiger partial charge in [0.2, 0.25) is 10.0 Å². The van der Waals surface area contributed by atoms with Gasteiger partial charge >= 0.3 is 0 Å². The quantitative estimate of drug-likeness (QED) is 0.893. The Morgan fingerprint density at radius 3 is 2.52 bits per heavy atom. The predicted molar refractivity (Wildman–Crippen MR) is 98.3 cm³/mol. The fraction of sp³-hybridized carbons (Fsp3) is 0.316. The van der Waals surface area contributed by atoms with Gasteiger partial charge in [0, 0.05) is 23.8 Å². The van der Waals surface area contributed by atoms with Gasteiger partial charge in [-0.3, -0.25) is 4.79 Å². The monoisotopic (exact) mass is 358 g/mol. The summed E-state index contributed by atoms with van der Waals surface area (Å²) < 4.78 is 26.8. The first-order valence-corrected chi connectivity index (χ1v) is 9.93. The Morgan fingerprint density at radius 2 is 1.84 bits per heavy atom. The van der Waals surface area contributed by atoms with E-state index in [4.69, 9.17) is 0 Å². The minimum atomic E-state index is -3.52. The minimum absolute atomic E-state index is 0.0829. The molecule has 0 bridgehead atoms. The fourth-order valence-corrected chi connectivity index (χ4v) is 4.24. The van der Waals surface area contributed by atoms with E-state index in [9.17, 15) is 13.2 Å². The van der Waals surface area contributed by atoms with Crippen molar-refractivity contribution in [1.82, 2.24) is 4.72 Å². The third-order valence-corrected chi connectivity index (χ3v) is 5.86. The number of nitrogens with zero attached hydrogens (tertiary/aromatic N) is 1. The maximum Gasteiger partial charge on any atom is 0.258 e. The molecule has 5 nitrogen and oxygen atoms in total. The number of para-hydroxylation sites is 1. The van der Waals surface area contributed by atoms with Crippen LogP contribution in [0.5, 0.6) is 0 Å². The molecule has 0 saturated carbocycles. The molecule has 25 heavy (non-hydrogen) atoms. The van der Waals surface area contributed by atoms with Gasteiger partial charge in [0.25, 0.3) is 5.91 Å². The van der Waals surface area contributed by atoms with Crippen molar-refractivity contribution in [2.45, 2.75) is 37.6 Å². The Bertz CT molecular complexity index is 876. The third-order valence-electron chi connectivity index (χ3n) is 4.38. The first kappa shape index (κ1) is 17.6. The van der Waals surface area contributed by atoms with Gasteiger partial charge in [-0.1, -0.05) is 25.1 Å². The molecule has 132 valence electrons. The second-order valence-electron chi connectivity index (χ2n) is 6.28. The molecule has 1 amide bonds. The summed E-state index contributed by atoms with van der Waals surface area (Å²) in [5.41, 5.74) is 2.57. The van der Waals surface area contributed by atoms with Crippen LogP contribution in [0.1, 0.15) is 36.2 Å². The summed E-state index contributed by atoms with van der Waals surface area (Å²) in [7, 11) is -3.52. The summed E-state index contributed by atoms with van der Waals surface area (Å²) in [6, 6.07) is 14.1. The number of fused-ring (bicyclic) bond motifs is 1. The molecule has 6 heteroatoms. The molecular formula is C19H22N2O3S. The van der Waals surface area contributed by atoms with Crippen molar-refractivity contribution < 1.29 is 13.2 Å². The topological polar surface area (TPSA) is 66.5 Å². The number of benzene rings is 2. The highest BCUT2D eigenvalue weighted by Crippen LogP contribution is 2.33. The molecule has 0 aromatic heterocycles. The van der Waals surface area contributed by atoms with E-state index in [0.717, 1.165) is 24.1 Å². The van der Waals surface area contributed by atoms with Gasteiger partial charge in [-0.05, 0) is 55.7 Å². The smallest absolute Gasteiger partial charge is 0.258 e. The Kier molecular flexibility index (Phi) is 4.92. The molecule has 0 saturated heterocycles. The number of amides is 1. The molecule has 1 atom stereocenters. The highest BCUT2D eigenvalue weighted by atomic mass is 32.2. The maximum absolute atomic E-state index is 12.9. The number of nitrogens with one attached hydrogen (secondary N) is 1. The van der Waals surface area contributed by atoms with E-state index in [1.54, 1.807) is 17.0 Å². The molecule has 0 spiro atoms. The van der Waals surface area contributed by atoms with Crippen LogP contribution in [0.2, 0.25) is 0 Å². The SMILES string of the molecule is CCCNS(=O)(=O)c1ccc(C(=O)N2c3ccccc3CC2C)cc1. The van der Waals surface area contributed by atoms with Crippen molar-refractivity contribution in [3.8, 4) is 0 Å². The zero-order valence-corrected chi connectivity index (χ0v) is 15.2. The lowest BCUT2D eigenvalue weighted by atomic mass is 10.1. The lowest BCUT2D eigenvalue weighted by molar-refractivity contribution is 0.0981. The number of hydrogen-bond acceptors (Lipinski definition) is 3. The number of carbonyl (C=O) groups is 1. The molecule has 0 fully saturated rings. The van der Waals surface area contributed by atoms with Crippen LogP contribution in [0.3, 0.4) is 0 Å². The lowest BCUT2D eigenvalue weighted by Gasteiger charge is -2.23. The summed E-state index contributed by atoms with van der Waals surface area (Å²) in [4.78, 5) is 14.9. The number of rotatable bonds is 5. The highest BCUT2D eigenvalue weighted by Gasteiger charge is 2.31. The molecule has 3 rings (SSSR count). The highest BCUT2D eigenvalue weighted by molar-refractivity contribution is 7.89. The van der Waals surface area contributed by atoms with Crippen molar-refractivity contribution in [1.29, 1.82) is 0 Å². The predicted octanol–water partition coefficient (Wildman–Crippen LogP) is 2.97. The number of carbonyl (C=O) groups excluding carboxylic acids is 1. The van der Waals surface area contributed by atoms with Crippen LogP contribution in [0.15, 0.2) is 53.4 Å². The average molecular weight is 358 g/mol. The normalized spacial score (nSPS) is 16.7. The van der Waals surface area contributed by atoms with E-state index < -0.39 is 10.0 Å². The Balaban J connectivity index is 1.85. The first-order chi connectivity index (χ1) is 11.9. The van der Waals surface area contributed by atoms with Gasteiger partial charge in [0.05, 0.1) is 4.90 Å². The molecule has 1 heterocycles. The van der Waals surface area contributed by atoms with E-state index >= 15 is 0 Å². The van der Waals surface area contributed by atoms with Gasteiger partial charge in [0.15, 0.2) is 0 Å². The van der Waals surface area contributed by atoms with E-state index in [-0.39, 0.29) is 16.8 Å². The zero-order valence-electron chi connectivity index (χ0n) is 14.4. The molecule has 2 aromatic rings. The second kappa shape index (κ2) is 6.98. The van der Waals surface area contributed by atoms with Crippen LogP contribution >= 0.6 is 0 Å². The van der Waals surface area contributed by atoms with Crippen LogP contribution in [-0.2, 0) is 16.4 Å². The van der Waals surface area contributed by atoms with Crippen LogP contribution < -0.4 is 9.62 Å². The second-order valence-corrected chi connectivity index (χ2v) is 8.05. The van der Waals surface area contributed by atoms with Crippen molar-refractivity contribution in [3.63, 3.8) is 0 Å². The molecule has 0 radical (unpaired) electrons. The van der Waals surface area contributed by atoms with Crippen molar-refractivity contribution in [3.05, 3.63) is 59.7 Å². The van der Waals surface area contributed by atoms with Crippen molar-refractivity contribution in [2.75, 3.05) is 11.4 Å². The largest absolute Gasteiger partial charge is 0.305 e. The summed E-state index contributed by atoms with van der Waals surface area (Å²) >= 11 is 0. The minimum Gasteiger partial charge on any atom is -0.305 e. The van der Waals surface area contributed by atoms with Gasteiger partial charge in [-0.25, -0.2) is 13.1 Å². The van der Waals surface area contributed by atoms with Crippen molar-refractivity contribution in [2.24, 2.45) is 0 Å². The molecule has 0 aliphatic carbocycles. The van der Waals surface area contributed by atoms with Gasteiger partial charge < -0.3 is 4.90 Å². The van der Waals surface area contributed by atoms with Crippen LogP contribution in [0.4, 0.5) is 5.69 Å². The van der Waals surface area contributed by atoms with E-state index in [1.165, 1.54) is 12.1 Å². The average Bonchev–Trinajstić information content (AvgIpc) is 2.95. The van der Waals surface area contributed by atoms with Gasteiger partial charge in [0.1, 0.15) is 0 Å². The summed E-state index contributed by atoms with van der Waals surface area (Å²) in [6.45, 7) is 4.32.